The average molecular weight is 477 g/mol. The molecule has 5 heterocycles. The fourth-order valence-corrected chi connectivity index (χ4v) is 6.13. The lowest BCUT2D eigenvalue weighted by atomic mass is 9.86. The SMILES string of the molecule is CCCO[C@H]1CC[C@H](C(=O)N2Cc3cccnc3Nc3ccc(N4C[C@H]5CC[C@@H]4CO5)cc32)CC1. The van der Waals surface area contributed by atoms with Gasteiger partial charge in [-0.1, -0.05) is 13.0 Å². The topological polar surface area (TPSA) is 66.9 Å². The summed E-state index contributed by atoms with van der Waals surface area (Å²) in [6.07, 6.45) is 9.47. The van der Waals surface area contributed by atoms with Crippen LogP contribution in [-0.4, -0.2) is 48.9 Å². The molecule has 0 unspecified atom stereocenters. The highest BCUT2D eigenvalue weighted by Crippen LogP contribution is 2.41. The van der Waals surface area contributed by atoms with Crippen LogP contribution in [0.1, 0.15) is 57.4 Å². The molecule has 1 N–H and O–H groups in total. The number of nitrogens with one attached hydrogen (secondary N) is 1. The van der Waals surface area contributed by atoms with Gasteiger partial charge < -0.3 is 24.6 Å². The first-order valence-electron chi connectivity index (χ1n) is 13.4. The summed E-state index contributed by atoms with van der Waals surface area (Å²) in [6.45, 7) is 5.20. The first-order valence-corrected chi connectivity index (χ1v) is 13.4. The molecule has 1 saturated carbocycles. The molecule has 1 aromatic heterocycles. The summed E-state index contributed by atoms with van der Waals surface area (Å²) < 4.78 is 11.9. The Balaban J connectivity index is 1.29. The number of carbonyl (C=O) groups is 1. The van der Waals surface area contributed by atoms with Crippen molar-refractivity contribution in [1.29, 1.82) is 0 Å². The summed E-state index contributed by atoms with van der Waals surface area (Å²) in [6, 6.07) is 10.9. The Morgan fingerprint density at radius 1 is 1.17 bits per heavy atom. The monoisotopic (exact) mass is 476 g/mol. The van der Waals surface area contributed by atoms with E-state index in [1.807, 2.05) is 11.0 Å². The van der Waals surface area contributed by atoms with Crippen LogP contribution >= 0.6 is 0 Å². The molecular formula is C28H36N4O3. The highest BCUT2D eigenvalue weighted by Gasteiger charge is 2.37. The molecule has 7 nitrogen and oxygen atoms in total. The summed E-state index contributed by atoms with van der Waals surface area (Å²) in [5.41, 5.74) is 4.12. The standard InChI is InChI=1S/C28H36N4O3/c1-2-14-34-23-9-5-19(6-10-23)28(33)32-16-20-4-3-13-29-27(20)30-25-12-8-21(15-26(25)32)31-17-24-11-7-22(31)18-35-24/h3-4,8,12-13,15,19,22-24H,2,5-7,9-11,14,16-18H2,1H3,(H,29,30)/t19-,22-,23-,24-/m1/s1. The van der Waals surface area contributed by atoms with Crippen molar-refractivity contribution in [3.63, 3.8) is 0 Å². The lowest BCUT2D eigenvalue weighted by Gasteiger charge is -2.46. The number of carbonyl (C=O) groups excluding carboxylic acids is 1. The van der Waals surface area contributed by atoms with Crippen LogP contribution in [0.4, 0.5) is 22.9 Å². The third-order valence-corrected chi connectivity index (χ3v) is 8.11. The highest BCUT2D eigenvalue weighted by atomic mass is 16.5. The predicted molar refractivity (Wildman–Crippen MR) is 137 cm³/mol. The summed E-state index contributed by atoms with van der Waals surface area (Å²) in [4.78, 5) is 23.1. The van der Waals surface area contributed by atoms with Gasteiger partial charge in [-0.05, 0) is 69.2 Å². The molecule has 7 rings (SSSR count). The molecule has 3 saturated heterocycles. The zero-order valence-electron chi connectivity index (χ0n) is 20.6. The van der Waals surface area contributed by atoms with Crippen LogP contribution in [0.2, 0.25) is 0 Å². The summed E-state index contributed by atoms with van der Waals surface area (Å²) in [7, 11) is 0. The quantitative estimate of drug-likeness (QED) is 0.653. The van der Waals surface area contributed by atoms with E-state index in [0.29, 0.717) is 24.8 Å². The van der Waals surface area contributed by atoms with Crippen molar-refractivity contribution in [1.82, 2.24) is 4.98 Å². The van der Waals surface area contributed by atoms with Gasteiger partial charge in [0.1, 0.15) is 5.82 Å². The third-order valence-electron chi connectivity index (χ3n) is 8.11. The largest absolute Gasteiger partial charge is 0.378 e. The smallest absolute Gasteiger partial charge is 0.230 e. The van der Waals surface area contributed by atoms with E-state index in [0.717, 1.165) is 81.0 Å². The molecule has 35 heavy (non-hydrogen) atoms. The number of fused-ring (bicyclic) bond motifs is 5. The van der Waals surface area contributed by atoms with Gasteiger partial charge in [0, 0.05) is 36.5 Å². The van der Waals surface area contributed by atoms with Crippen LogP contribution in [-0.2, 0) is 20.8 Å². The van der Waals surface area contributed by atoms with Crippen molar-refractivity contribution in [2.24, 2.45) is 5.92 Å². The predicted octanol–water partition coefficient (Wildman–Crippen LogP) is 5.02. The number of ether oxygens (including phenoxy) is 2. The number of hydrogen-bond acceptors (Lipinski definition) is 6. The Kier molecular flexibility index (Phi) is 6.37. The minimum absolute atomic E-state index is 0.0330. The normalized spacial score (nSPS) is 27.6. The van der Waals surface area contributed by atoms with Crippen molar-refractivity contribution >= 4 is 28.8 Å². The van der Waals surface area contributed by atoms with Crippen molar-refractivity contribution in [3.05, 3.63) is 42.1 Å². The molecule has 1 amide bonds. The molecule has 2 bridgehead atoms. The molecule has 2 atom stereocenters. The van der Waals surface area contributed by atoms with Crippen LogP contribution in [0.5, 0.6) is 0 Å². The number of amides is 1. The van der Waals surface area contributed by atoms with E-state index < -0.39 is 0 Å². The fourth-order valence-electron chi connectivity index (χ4n) is 6.13. The van der Waals surface area contributed by atoms with Gasteiger partial charge in [0.25, 0.3) is 0 Å². The van der Waals surface area contributed by atoms with Gasteiger partial charge in [-0.25, -0.2) is 4.98 Å². The van der Waals surface area contributed by atoms with Gasteiger partial charge in [0.2, 0.25) is 5.91 Å². The summed E-state index contributed by atoms with van der Waals surface area (Å²) >= 11 is 0. The molecule has 186 valence electrons. The third kappa shape index (κ3) is 4.52. The van der Waals surface area contributed by atoms with E-state index in [1.54, 1.807) is 6.20 Å². The minimum atomic E-state index is 0.0330. The number of benzene rings is 1. The van der Waals surface area contributed by atoms with Gasteiger partial charge in [0.15, 0.2) is 0 Å². The van der Waals surface area contributed by atoms with Crippen LogP contribution in [0.15, 0.2) is 36.5 Å². The van der Waals surface area contributed by atoms with Crippen LogP contribution in [0, 0.1) is 5.92 Å². The minimum Gasteiger partial charge on any atom is -0.378 e. The van der Waals surface area contributed by atoms with E-state index >= 15 is 0 Å². The second kappa shape index (κ2) is 9.78. The van der Waals surface area contributed by atoms with E-state index in [2.05, 4.69) is 46.4 Å². The van der Waals surface area contributed by atoms with Crippen LogP contribution in [0.25, 0.3) is 0 Å². The van der Waals surface area contributed by atoms with Gasteiger partial charge >= 0.3 is 0 Å². The number of nitrogens with zero attached hydrogens (tertiary/aromatic N) is 3. The Morgan fingerprint density at radius 3 is 2.80 bits per heavy atom. The maximum Gasteiger partial charge on any atom is 0.230 e. The molecule has 0 spiro atoms. The first-order chi connectivity index (χ1) is 17.2. The number of rotatable bonds is 5. The van der Waals surface area contributed by atoms with E-state index in [-0.39, 0.29) is 11.8 Å². The first kappa shape index (κ1) is 22.8. The number of hydrogen-bond donors (Lipinski definition) is 1. The summed E-state index contributed by atoms with van der Waals surface area (Å²) in [5, 5.41) is 3.52. The average Bonchev–Trinajstić information content (AvgIpc) is 3.09. The molecule has 0 radical (unpaired) electrons. The molecule has 4 fully saturated rings. The molecule has 1 aliphatic carbocycles. The Labute approximate surface area is 207 Å². The molecular weight excluding hydrogens is 440 g/mol. The molecule has 4 aliphatic heterocycles. The highest BCUT2D eigenvalue weighted by molar-refractivity contribution is 6.00. The second-order valence-electron chi connectivity index (χ2n) is 10.4. The maximum atomic E-state index is 14.0. The molecule has 2 aromatic rings. The van der Waals surface area contributed by atoms with Crippen LogP contribution < -0.4 is 15.1 Å². The number of aromatic nitrogens is 1. The van der Waals surface area contributed by atoms with E-state index in [4.69, 9.17) is 9.47 Å². The van der Waals surface area contributed by atoms with Crippen molar-refractivity contribution in [3.8, 4) is 0 Å². The zero-order chi connectivity index (χ0) is 23.8. The molecule has 5 aliphatic rings. The van der Waals surface area contributed by atoms with Gasteiger partial charge in [0.05, 0.1) is 42.8 Å². The lowest BCUT2D eigenvalue weighted by molar-refractivity contribution is -0.124. The van der Waals surface area contributed by atoms with Crippen LogP contribution in [0.3, 0.4) is 0 Å². The van der Waals surface area contributed by atoms with Gasteiger partial charge in [-0.15, -0.1) is 0 Å². The van der Waals surface area contributed by atoms with E-state index in [9.17, 15) is 4.79 Å². The van der Waals surface area contributed by atoms with Crippen molar-refractivity contribution in [2.45, 2.75) is 76.7 Å². The van der Waals surface area contributed by atoms with Gasteiger partial charge in [-0.3, -0.25) is 4.79 Å². The summed E-state index contributed by atoms with van der Waals surface area (Å²) in [5.74, 6) is 1.09. The zero-order valence-corrected chi connectivity index (χ0v) is 20.6. The second-order valence-corrected chi connectivity index (χ2v) is 10.4. The molecule has 1 aromatic carbocycles. The Morgan fingerprint density at radius 2 is 2.06 bits per heavy atom. The van der Waals surface area contributed by atoms with Crippen molar-refractivity contribution < 1.29 is 14.3 Å². The fraction of sp³-hybridized carbons (Fsp3) is 0.571. The molecule has 7 heteroatoms. The Hall–Kier alpha value is -2.64. The van der Waals surface area contributed by atoms with E-state index in [1.165, 1.54) is 12.1 Å². The number of piperidine rings is 1. The number of anilines is 4. The number of pyridine rings is 1. The van der Waals surface area contributed by atoms with Gasteiger partial charge in [-0.2, -0.15) is 0 Å². The number of morpholine rings is 1. The van der Waals surface area contributed by atoms with Crippen molar-refractivity contribution in [2.75, 3.05) is 34.9 Å². The maximum absolute atomic E-state index is 14.0. The Bertz CT molecular complexity index is 1060. The lowest BCUT2D eigenvalue weighted by Crippen LogP contribution is -2.54.